The van der Waals surface area contributed by atoms with Crippen LogP contribution in [0.5, 0.6) is 11.5 Å². The van der Waals surface area contributed by atoms with Crippen molar-refractivity contribution in [2.45, 2.75) is 13.3 Å². The van der Waals surface area contributed by atoms with Crippen LogP contribution in [0.3, 0.4) is 0 Å². The number of halogens is 1. The molecule has 2 heterocycles. The third kappa shape index (κ3) is 5.32. The standard InChI is InChI=1S/C19H23ClN4O5S/c1-3-6-29-16-13(20)9-12(10-15(16)27-2)17(25)22-23-18(26)14-11-30-19(21-14)24-4-7-28-8-5-24/h9-11H,3-8H2,1-2H3,(H,22,25)(H,23,26). The van der Waals surface area contributed by atoms with E-state index in [4.69, 9.17) is 25.8 Å². The monoisotopic (exact) mass is 454 g/mol. The Morgan fingerprint density at radius 1 is 1.27 bits per heavy atom. The van der Waals surface area contributed by atoms with Gasteiger partial charge in [0.15, 0.2) is 16.6 Å². The number of nitrogens with zero attached hydrogens (tertiary/aromatic N) is 2. The molecule has 2 amide bonds. The summed E-state index contributed by atoms with van der Waals surface area (Å²) in [6.07, 6.45) is 0.803. The van der Waals surface area contributed by atoms with Crippen molar-refractivity contribution >= 4 is 39.9 Å². The number of methoxy groups -OCH3 is 1. The summed E-state index contributed by atoms with van der Waals surface area (Å²) in [5, 5.41) is 2.63. The van der Waals surface area contributed by atoms with E-state index in [1.807, 2.05) is 6.92 Å². The summed E-state index contributed by atoms with van der Waals surface area (Å²) in [7, 11) is 1.46. The summed E-state index contributed by atoms with van der Waals surface area (Å²) in [6, 6.07) is 2.95. The first-order chi connectivity index (χ1) is 14.5. The molecule has 2 aromatic rings. The van der Waals surface area contributed by atoms with Crippen LogP contribution in [0.2, 0.25) is 5.02 Å². The van der Waals surface area contributed by atoms with E-state index in [1.54, 1.807) is 5.38 Å². The molecule has 1 saturated heterocycles. The molecule has 0 bridgehead atoms. The number of hydrogen-bond donors (Lipinski definition) is 2. The number of amides is 2. The van der Waals surface area contributed by atoms with E-state index < -0.39 is 11.8 Å². The molecule has 2 N–H and O–H groups in total. The molecule has 0 unspecified atom stereocenters. The van der Waals surface area contributed by atoms with Crippen LogP contribution in [0, 0.1) is 0 Å². The van der Waals surface area contributed by atoms with Gasteiger partial charge < -0.3 is 19.1 Å². The third-order valence-corrected chi connectivity index (χ3v) is 5.42. The van der Waals surface area contributed by atoms with E-state index >= 15 is 0 Å². The minimum Gasteiger partial charge on any atom is -0.493 e. The molecule has 3 rings (SSSR count). The first kappa shape index (κ1) is 22.1. The molecular weight excluding hydrogens is 432 g/mol. The maximum Gasteiger partial charge on any atom is 0.289 e. The van der Waals surface area contributed by atoms with Crippen molar-refractivity contribution in [3.05, 3.63) is 33.8 Å². The highest BCUT2D eigenvalue weighted by molar-refractivity contribution is 7.13. The number of carbonyl (C=O) groups is 2. The average molecular weight is 455 g/mol. The second-order valence-electron chi connectivity index (χ2n) is 6.36. The molecular formula is C19H23ClN4O5S. The topological polar surface area (TPSA) is 102 Å². The number of carbonyl (C=O) groups excluding carboxylic acids is 2. The number of morpholine rings is 1. The fourth-order valence-corrected chi connectivity index (χ4v) is 3.84. The van der Waals surface area contributed by atoms with Gasteiger partial charge in [0.1, 0.15) is 5.69 Å². The fourth-order valence-electron chi connectivity index (χ4n) is 2.71. The Kier molecular flexibility index (Phi) is 7.72. The molecule has 1 aromatic carbocycles. The molecule has 0 spiro atoms. The van der Waals surface area contributed by atoms with Gasteiger partial charge in [-0.2, -0.15) is 0 Å². The summed E-state index contributed by atoms with van der Waals surface area (Å²) in [4.78, 5) is 31.2. The van der Waals surface area contributed by atoms with Crippen molar-refractivity contribution in [1.29, 1.82) is 0 Å². The lowest BCUT2D eigenvalue weighted by Crippen LogP contribution is -2.42. The van der Waals surface area contributed by atoms with E-state index in [9.17, 15) is 9.59 Å². The zero-order chi connectivity index (χ0) is 21.5. The van der Waals surface area contributed by atoms with Crippen LogP contribution >= 0.6 is 22.9 Å². The van der Waals surface area contributed by atoms with Crippen LogP contribution < -0.4 is 25.2 Å². The first-order valence-corrected chi connectivity index (χ1v) is 10.7. The Bertz CT molecular complexity index is 901. The summed E-state index contributed by atoms with van der Waals surface area (Å²) in [5.74, 6) is -0.351. The summed E-state index contributed by atoms with van der Waals surface area (Å²) < 4.78 is 16.2. The van der Waals surface area contributed by atoms with Crippen LogP contribution in [0.4, 0.5) is 5.13 Å². The fraction of sp³-hybridized carbons (Fsp3) is 0.421. The molecule has 0 saturated carbocycles. The van der Waals surface area contributed by atoms with E-state index in [2.05, 4.69) is 20.7 Å². The Labute approximate surface area is 183 Å². The van der Waals surface area contributed by atoms with Crippen molar-refractivity contribution in [3.63, 3.8) is 0 Å². The Hall–Kier alpha value is -2.56. The number of hydrazine groups is 1. The highest BCUT2D eigenvalue weighted by atomic mass is 35.5. The van der Waals surface area contributed by atoms with Crippen LogP contribution in [-0.2, 0) is 4.74 Å². The number of hydrogen-bond acceptors (Lipinski definition) is 8. The molecule has 1 aliphatic rings. The van der Waals surface area contributed by atoms with Crippen molar-refractivity contribution in [2.75, 3.05) is 44.9 Å². The zero-order valence-electron chi connectivity index (χ0n) is 16.7. The molecule has 1 aromatic heterocycles. The van der Waals surface area contributed by atoms with Gasteiger partial charge >= 0.3 is 0 Å². The van der Waals surface area contributed by atoms with Crippen LogP contribution in [0.25, 0.3) is 0 Å². The SMILES string of the molecule is CCCOc1c(Cl)cc(C(=O)NNC(=O)c2csc(N3CCOCC3)n2)cc1OC. The van der Waals surface area contributed by atoms with E-state index in [1.165, 1.54) is 30.6 Å². The second kappa shape index (κ2) is 10.5. The maximum absolute atomic E-state index is 12.5. The number of aromatic nitrogens is 1. The van der Waals surface area contributed by atoms with Gasteiger partial charge in [0, 0.05) is 24.0 Å². The number of benzene rings is 1. The molecule has 9 nitrogen and oxygen atoms in total. The molecule has 0 radical (unpaired) electrons. The summed E-state index contributed by atoms with van der Waals surface area (Å²) in [5.41, 5.74) is 5.17. The minimum absolute atomic E-state index is 0.216. The van der Waals surface area contributed by atoms with E-state index in [0.29, 0.717) is 31.3 Å². The predicted octanol–water partition coefficient (Wildman–Crippen LogP) is 2.51. The van der Waals surface area contributed by atoms with Gasteiger partial charge in [0.25, 0.3) is 11.8 Å². The molecule has 0 aliphatic carbocycles. The van der Waals surface area contributed by atoms with Crippen molar-refractivity contribution in [3.8, 4) is 11.5 Å². The number of nitrogens with one attached hydrogen (secondary N) is 2. The number of rotatable bonds is 7. The molecule has 162 valence electrons. The van der Waals surface area contributed by atoms with Gasteiger partial charge in [-0.05, 0) is 18.6 Å². The minimum atomic E-state index is -0.547. The Morgan fingerprint density at radius 3 is 2.70 bits per heavy atom. The van der Waals surface area contributed by atoms with Gasteiger partial charge in [0.2, 0.25) is 0 Å². The van der Waals surface area contributed by atoms with Crippen LogP contribution in [0.15, 0.2) is 17.5 Å². The number of thiazole rings is 1. The smallest absolute Gasteiger partial charge is 0.289 e. The predicted molar refractivity (Wildman–Crippen MR) is 114 cm³/mol. The average Bonchev–Trinajstić information content (AvgIpc) is 3.27. The quantitative estimate of drug-likeness (QED) is 0.619. The molecule has 30 heavy (non-hydrogen) atoms. The Morgan fingerprint density at radius 2 is 2.00 bits per heavy atom. The van der Waals surface area contributed by atoms with E-state index in [0.717, 1.165) is 24.6 Å². The van der Waals surface area contributed by atoms with Crippen LogP contribution in [-0.4, -0.2) is 56.8 Å². The molecule has 0 atom stereocenters. The lowest BCUT2D eigenvalue weighted by atomic mass is 10.2. The molecule has 1 fully saturated rings. The van der Waals surface area contributed by atoms with Gasteiger partial charge in [0.05, 0.1) is 32.0 Å². The highest BCUT2D eigenvalue weighted by Gasteiger charge is 2.19. The van der Waals surface area contributed by atoms with Crippen molar-refractivity contribution in [1.82, 2.24) is 15.8 Å². The third-order valence-electron chi connectivity index (χ3n) is 4.24. The second-order valence-corrected chi connectivity index (χ2v) is 7.60. The molecule has 1 aliphatic heterocycles. The van der Waals surface area contributed by atoms with Gasteiger partial charge in [-0.3, -0.25) is 20.4 Å². The van der Waals surface area contributed by atoms with Gasteiger partial charge in [-0.25, -0.2) is 4.98 Å². The lowest BCUT2D eigenvalue weighted by molar-refractivity contribution is 0.0844. The lowest BCUT2D eigenvalue weighted by Gasteiger charge is -2.25. The van der Waals surface area contributed by atoms with Crippen molar-refractivity contribution < 1.29 is 23.8 Å². The Balaban J connectivity index is 1.61. The number of anilines is 1. The highest BCUT2D eigenvalue weighted by Crippen LogP contribution is 2.36. The summed E-state index contributed by atoms with van der Waals surface area (Å²) >= 11 is 7.60. The van der Waals surface area contributed by atoms with Crippen LogP contribution in [0.1, 0.15) is 34.2 Å². The zero-order valence-corrected chi connectivity index (χ0v) is 18.3. The normalized spacial score (nSPS) is 13.6. The van der Waals surface area contributed by atoms with Gasteiger partial charge in [-0.15, -0.1) is 11.3 Å². The van der Waals surface area contributed by atoms with Crippen molar-refractivity contribution in [2.24, 2.45) is 0 Å². The van der Waals surface area contributed by atoms with E-state index in [-0.39, 0.29) is 16.3 Å². The number of ether oxygens (including phenoxy) is 3. The first-order valence-electron chi connectivity index (χ1n) is 9.42. The largest absolute Gasteiger partial charge is 0.493 e. The maximum atomic E-state index is 12.5. The van der Waals surface area contributed by atoms with Gasteiger partial charge in [-0.1, -0.05) is 18.5 Å². The molecule has 11 heteroatoms. The summed E-state index contributed by atoms with van der Waals surface area (Å²) in [6.45, 7) is 5.16.